The second-order valence-electron chi connectivity index (χ2n) is 4.29. The number of pyridine rings is 1. The van der Waals surface area contributed by atoms with Gasteiger partial charge in [-0.25, -0.2) is 13.8 Å². The van der Waals surface area contributed by atoms with Crippen LogP contribution in [0.1, 0.15) is 5.82 Å². The maximum Gasteiger partial charge on any atom is 0.382 e. The topological polar surface area (TPSA) is 65.2 Å². The molecular formula is C12H6ClF4N5O. The lowest BCUT2D eigenvalue weighted by Crippen LogP contribution is -2.09. The predicted octanol–water partition coefficient (Wildman–Crippen LogP) is 2.92. The number of alkyl halides is 4. The summed E-state index contributed by atoms with van der Waals surface area (Å²) < 4.78 is 57.5. The van der Waals surface area contributed by atoms with Gasteiger partial charge < -0.3 is 4.74 Å². The summed E-state index contributed by atoms with van der Waals surface area (Å²) in [6.45, 7) is -1.23. The lowest BCUT2D eigenvalue weighted by Gasteiger charge is -2.07. The van der Waals surface area contributed by atoms with Crippen LogP contribution in [0.25, 0.3) is 16.9 Å². The van der Waals surface area contributed by atoms with Gasteiger partial charge in [0.25, 0.3) is 5.88 Å². The molecule has 3 rings (SSSR count). The van der Waals surface area contributed by atoms with Gasteiger partial charge in [-0.15, -0.1) is 10.2 Å². The van der Waals surface area contributed by atoms with Crippen molar-refractivity contribution in [3.8, 4) is 17.1 Å². The molecule has 3 aromatic heterocycles. The minimum atomic E-state index is -3.74. The number of aromatic nitrogens is 5. The van der Waals surface area contributed by atoms with E-state index in [9.17, 15) is 17.6 Å². The van der Waals surface area contributed by atoms with Gasteiger partial charge in [0.05, 0.1) is 11.9 Å². The number of rotatable bonds is 4. The highest BCUT2D eigenvalue weighted by Crippen LogP contribution is 2.31. The average molecular weight is 348 g/mol. The summed E-state index contributed by atoms with van der Waals surface area (Å²) in [4.78, 5) is 7.55. The molecule has 0 saturated heterocycles. The number of ether oxygens (including phenoxy) is 1. The predicted molar refractivity (Wildman–Crippen MR) is 70.3 cm³/mol. The van der Waals surface area contributed by atoms with E-state index >= 15 is 0 Å². The van der Waals surface area contributed by atoms with Gasteiger partial charge in [0.1, 0.15) is 0 Å². The summed E-state index contributed by atoms with van der Waals surface area (Å²) in [5, 5.41) is 3.07. The zero-order valence-electron chi connectivity index (χ0n) is 11.1. The minimum Gasteiger partial charge on any atom is -0.444 e. The Morgan fingerprint density at radius 2 is 2.00 bits per heavy atom. The van der Waals surface area contributed by atoms with Crippen molar-refractivity contribution < 1.29 is 22.3 Å². The summed E-state index contributed by atoms with van der Waals surface area (Å²) in [5.74, 6) is -2.24. The van der Waals surface area contributed by atoms with Gasteiger partial charge >= 0.3 is 5.38 Å². The van der Waals surface area contributed by atoms with Gasteiger partial charge in [0.15, 0.2) is 11.5 Å². The van der Waals surface area contributed by atoms with Crippen molar-refractivity contribution >= 4 is 17.2 Å². The number of halogens is 5. The van der Waals surface area contributed by atoms with E-state index in [-0.39, 0.29) is 16.9 Å². The Morgan fingerprint density at radius 1 is 1.22 bits per heavy atom. The molecule has 120 valence electrons. The molecule has 0 bridgehead atoms. The van der Waals surface area contributed by atoms with Gasteiger partial charge in [-0.05, 0) is 17.7 Å². The lowest BCUT2D eigenvalue weighted by molar-refractivity contribution is 0.0833. The van der Waals surface area contributed by atoms with Gasteiger partial charge in [-0.1, -0.05) is 0 Å². The van der Waals surface area contributed by atoms with Crippen LogP contribution in [0.3, 0.4) is 0 Å². The van der Waals surface area contributed by atoms with Crippen molar-refractivity contribution in [2.45, 2.75) is 5.38 Å². The lowest BCUT2D eigenvalue weighted by atomic mass is 10.2. The largest absolute Gasteiger partial charge is 0.444 e. The zero-order valence-corrected chi connectivity index (χ0v) is 11.8. The molecule has 3 aromatic rings. The highest BCUT2D eigenvalue weighted by Gasteiger charge is 2.34. The molecule has 0 spiro atoms. The molecule has 0 aromatic carbocycles. The Balaban J connectivity index is 2.08. The Hall–Kier alpha value is -2.49. The zero-order chi connectivity index (χ0) is 16.6. The number of hydrogen-bond acceptors (Lipinski definition) is 5. The SMILES string of the molecule is FCOc1ncc(-c2cn3c(C(F)(F)Cl)nnc3cn2)cc1F. The molecule has 0 fully saturated rings. The van der Waals surface area contributed by atoms with Crippen LogP contribution in [0.15, 0.2) is 24.7 Å². The molecule has 0 atom stereocenters. The van der Waals surface area contributed by atoms with E-state index in [0.29, 0.717) is 0 Å². The number of nitrogens with zero attached hydrogens (tertiary/aromatic N) is 5. The van der Waals surface area contributed by atoms with Crippen LogP contribution in [0.4, 0.5) is 17.6 Å². The van der Waals surface area contributed by atoms with Crippen LogP contribution < -0.4 is 4.74 Å². The molecule has 0 saturated carbocycles. The standard InChI is InChI=1S/C12H6ClF4N5O/c13-12(16,17)11-21-20-9-3-18-8(4-22(9)11)6-1-7(15)10(19-2-6)23-5-14/h1-4H,5H2. The first-order chi connectivity index (χ1) is 10.9. The minimum absolute atomic E-state index is 0.0369. The molecule has 0 aliphatic heterocycles. The van der Waals surface area contributed by atoms with Crippen molar-refractivity contribution in [2.75, 3.05) is 6.86 Å². The van der Waals surface area contributed by atoms with Crippen molar-refractivity contribution in [3.05, 3.63) is 36.3 Å². The van der Waals surface area contributed by atoms with Gasteiger partial charge in [0, 0.05) is 18.0 Å². The number of fused-ring (bicyclic) bond motifs is 1. The van der Waals surface area contributed by atoms with E-state index in [1.807, 2.05) is 0 Å². The second kappa shape index (κ2) is 5.61. The monoisotopic (exact) mass is 347 g/mol. The first-order valence-corrected chi connectivity index (χ1v) is 6.40. The second-order valence-corrected chi connectivity index (χ2v) is 4.76. The Morgan fingerprint density at radius 3 is 2.65 bits per heavy atom. The maximum absolute atomic E-state index is 13.7. The molecule has 0 unspecified atom stereocenters. The van der Waals surface area contributed by atoms with E-state index in [4.69, 9.17) is 11.6 Å². The third-order valence-corrected chi connectivity index (χ3v) is 3.01. The Kier molecular flexibility index (Phi) is 3.76. The first kappa shape index (κ1) is 15.4. The molecule has 3 heterocycles. The molecule has 0 N–H and O–H groups in total. The van der Waals surface area contributed by atoms with Crippen LogP contribution in [0.2, 0.25) is 0 Å². The van der Waals surface area contributed by atoms with E-state index in [0.717, 1.165) is 22.9 Å². The first-order valence-electron chi connectivity index (χ1n) is 6.03. The summed E-state index contributed by atoms with van der Waals surface area (Å²) in [7, 11) is 0. The van der Waals surface area contributed by atoms with Crippen LogP contribution >= 0.6 is 11.6 Å². The summed E-state index contributed by atoms with van der Waals surface area (Å²) in [5.41, 5.74) is 0.306. The fourth-order valence-electron chi connectivity index (χ4n) is 1.87. The van der Waals surface area contributed by atoms with Gasteiger partial charge in [0.2, 0.25) is 12.7 Å². The van der Waals surface area contributed by atoms with Crippen molar-refractivity contribution in [3.63, 3.8) is 0 Å². The third kappa shape index (κ3) is 2.89. The molecular weight excluding hydrogens is 342 g/mol. The van der Waals surface area contributed by atoms with E-state index in [1.54, 1.807) is 0 Å². The van der Waals surface area contributed by atoms with Crippen LogP contribution in [0.5, 0.6) is 5.88 Å². The molecule has 0 aliphatic rings. The maximum atomic E-state index is 13.7. The van der Waals surface area contributed by atoms with Crippen molar-refractivity contribution in [2.24, 2.45) is 0 Å². The average Bonchev–Trinajstić information content (AvgIpc) is 2.92. The Labute approximate surface area is 130 Å². The smallest absolute Gasteiger partial charge is 0.382 e. The normalized spacial score (nSPS) is 11.9. The fraction of sp³-hybridized carbons (Fsp3) is 0.167. The van der Waals surface area contributed by atoms with Crippen LogP contribution in [0, 0.1) is 5.82 Å². The number of hydrogen-bond donors (Lipinski definition) is 0. The van der Waals surface area contributed by atoms with E-state index in [1.165, 1.54) is 6.20 Å². The highest BCUT2D eigenvalue weighted by atomic mass is 35.5. The molecule has 6 nitrogen and oxygen atoms in total. The molecule has 0 aliphatic carbocycles. The van der Waals surface area contributed by atoms with Crippen molar-refractivity contribution in [1.29, 1.82) is 0 Å². The summed E-state index contributed by atoms with van der Waals surface area (Å²) >= 11 is 4.96. The van der Waals surface area contributed by atoms with Crippen LogP contribution in [-0.2, 0) is 5.38 Å². The third-order valence-electron chi connectivity index (χ3n) is 2.84. The van der Waals surface area contributed by atoms with Gasteiger partial charge in [-0.3, -0.25) is 9.38 Å². The quantitative estimate of drug-likeness (QED) is 0.536. The van der Waals surface area contributed by atoms with E-state index in [2.05, 4.69) is 24.9 Å². The fourth-order valence-corrected chi connectivity index (χ4v) is 2.00. The molecule has 11 heteroatoms. The molecule has 0 radical (unpaired) electrons. The molecule has 0 amide bonds. The Bertz CT molecular complexity index is 866. The highest BCUT2D eigenvalue weighted by molar-refractivity contribution is 6.21. The summed E-state index contributed by atoms with van der Waals surface area (Å²) in [6, 6.07) is 0.981. The molecule has 23 heavy (non-hydrogen) atoms. The van der Waals surface area contributed by atoms with Crippen LogP contribution in [-0.4, -0.2) is 31.4 Å². The summed E-state index contributed by atoms with van der Waals surface area (Å²) in [6.07, 6.45) is 3.48. The van der Waals surface area contributed by atoms with Gasteiger partial charge in [-0.2, -0.15) is 8.78 Å². The van der Waals surface area contributed by atoms with E-state index < -0.39 is 29.8 Å². The van der Waals surface area contributed by atoms with Crippen molar-refractivity contribution in [1.82, 2.24) is 24.6 Å².